The first-order valence-corrected chi connectivity index (χ1v) is 10.1. The highest BCUT2D eigenvalue weighted by atomic mass is 28.4. The second-order valence-corrected chi connectivity index (χ2v) is 11.7. The van der Waals surface area contributed by atoms with Gasteiger partial charge in [-0.05, 0) is 47.8 Å². The molecule has 0 aliphatic rings. The van der Waals surface area contributed by atoms with Crippen molar-refractivity contribution in [3.8, 4) is 0 Å². The van der Waals surface area contributed by atoms with Crippen molar-refractivity contribution in [2.24, 2.45) is 0 Å². The Balaban J connectivity index is 2.80. The third kappa shape index (κ3) is 5.14. The first-order valence-electron chi connectivity index (χ1n) is 7.17. The van der Waals surface area contributed by atoms with Crippen LogP contribution in [0, 0.1) is 6.92 Å². The summed E-state index contributed by atoms with van der Waals surface area (Å²) in [7, 11) is -1.75. The molecular weight excluding hydrogens is 280 g/mol. The number of carboxylic acid groups (broad SMARTS) is 1. The van der Waals surface area contributed by atoms with Crippen molar-refractivity contribution >= 4 is 20.4 Å². The third-order valence-electron chi connectivity index (χ3n) is 4.18. The Hall–Kier alpha value is -1.39. The molecule has 3 nitrogen and oxygen atoms in total. The summed E-state index contributed by atoms with van der Waals surface area (Å²) < 4.78 is 6.23. The molecule has 1 N–H and O–H groups in total. The molecule has 0 atom stereocenters. The van der Waals surface area contributed by atoms with Gasteiger partial charge in [-0.25, -0.2) is 4.79 Å². The van der Waals surface area contributed by atoms with E-state index in [0.717, 1.165) is 22.8 Å². The van der Waals surface area contributed by atoms with Gasteiger partial charge in [0.25, 0.3) is 0 Å². The number of rotatable bonds is 5. The van der Waals surface area contributed by atoms with Crippen LogP contribution >= 0.6 is 0 Å². The SMILES string of the molecule is Cc1cc(C=CC(=O)O)ccc1CO[Si](C)(C)C(C)(C)C. The van der Waals surface area contributed by atoms with Gasteiger partial charge >= 0.3 is 5.97 Å². The average Bonchev–Trinajstić information content (AvgIpc) is 2.33. The lowest BCUT2D eigenvalue weighted by atomic mass is 10.1. The van der Waals surface area contributed by atoms with Gasteiger partial charge in [0, 0.05) is 6.08 Å². The van der Waals surface area contributed by atoms with Crippen LogP contribution in [-0.2, 0) is 15.8 Å². The standard InChI is InChI=1S/C17H26O3Si/c1-13-11-14(8-10-16(18)19)7-9-15(13)12-20-21(5,6)17(2,3)4/h7-11H,12H2,1-6H3,(H,18,19). The van der Waals surface area contributed by atoms with E-state index in [0.29, 0.717) is 6.61 Å². The van der Waals surface area contributed by atoms with E-state index in [9.17, 15) is 4.79 Å². The summed E-state index contributed by atoms with van der Waals surface area (Å²) in [6.45, 7) is 13.8. The maximum atomic E-state index is 10.5. The van der Waals surface area contributed by atoms with Crippen LogP contribution in [-0.4, -0.2) is 19.4 Å². The number of aryl methyl sites for hydroxylation is 1. The van der Waals surface area contributed by atoms with Crippen LogP contribution in [0.25, 0.3) is 6.08 Å². The fraction of sp³-hybridized carbons (Fsp3) is 0.471. The molecule has 0 radical (unpaired) electrons. The minimum Gasteiger partial charge on any atom is -0.478 e. The lowest BCUT2D eigenvalue weighted by Gasteiger charge is -2.36. The van der Waals surface area contributed by atoms with Crippen molar-refractivity contribution < 1.29 is 14.3 Å². The minimum absolute atomic E-state index is 0.199. The van der Waals surface area contributed by atoms with Crippen LogP contribution in [0.4, 0.5) is 0 Å². The first-order chi connectivity index (χ1) is 9.53. The van der Waals surface area contributed by atoms with Crippen molar-refractivity contribution in [2.75, 3.05) is 0 Å². The normalized spacial score (nSPS) is 12.9. The molecule has 0 heterocycles. The maximum absolute atomic E-state index is 10.5. The molecule has 0 saturated carbocycles. The quantitative estimate of drug-likeness (QED) is 0.638. The summed E-state index contributed by atoms with van der Waals surface area (Å²) >= 11 is 0. The molecule has 116 valence electrons. The molecule has 21 heavy (non-hydrogen) atoms. The average molecular weight is 306 g/mol. The van der Waals surface area contributed by atoms with Crippen LogP contribution in [0.5, 0.6) is 0 Å². The van der Waals surface area contributed by atoms with Gasteiger partial charge in [0.05, 0.1) is 6.61 Å². The highest BCUT2D eigenvalue weighted by molar-refractivity contribution is 6.74. The summed E-state index contributed by atoms with van der Waals surface area (Å²) in [6, 6.07) is 5.94. The second-order valence-electron chi connectivity index (χ2n) is 6.91. The zero-order chi connectivity index (χ0) is 16.3. The largest absolute Gasteiger partial charge is 0.478 e. The molecule has 0 amide bonds. The topological polar surface area (TPSA) is 46.5 Å². The molecule has 0 fully saturated rings. The Bertz CT molecular complexity index is 539. The van der Waals surface area contributed by atoms with Gasteiger partial charge < -0.3 is 9.53 Å². The molecule has 0 aromatic heterocycles. The Morgan fingerprint density at radius 1 is 1.33 bits per heavy atom. The van der Waals surface area contributed by atoms with E-state index < -0.39 is 14.3 Å². The fourth-order valence-corrected chi connectivity index (χ4v) is 2.58. The fourth-order valence-electron chi connectivity index (χ4n) is 1.63. The van der Waals surface area contributed by atoms with Gasteiger partial charge in [-0.1, -0.05) is 39.0 Å². The predicted molar refractivity (Wildman–Crippen MR) is 89.8 cm³/mol. The molecular formula is C17H26O3Si. The summed E-state index contributed by atoms with van der Waals surface area (Å²) in [5.41, 5.74) is 3.18. The van der Waals surface area contributed by atoms with Crippen molar-refractivity contribution in [3.63, 3.8) is 0 Å². The van der Waals surface area contributed by atoms with Gasteiger partial charge in [-0.3, -0.25) is 0 Å². The van der Waals surface area contributed by atoms with Crippen LogP contribution in [0.3, 0.4) is 0 Å². The van der Waals surface area contributed by atoms with Gasteiger partial charge in [-0.15, -0.1) is 0 Å². The summed E-state index contributed by atoms with van der Waals surface area (Å²) in [5.74, 6) is -0.932. The zero-order valence-corrected chi connectivity index (χ0v) is 14.9. The van der Waals surface area contributed by atoms with E-state index in [1.54, 1.807) is 6.08 Å². The number of hydrogen-bond acceptors (Lipinski definition) is 2. The number of carboxylic acids is 1. The molecule has 0 aliphatic heterocycles. The van der Waals surface area contributed by atoms with E-state index in [1.807, 2.05) is 25.1 Å². The van der Waals surface area contributed by atoms with Crippen molar-refractivity contribution in [2.45, 2.75) is 52.4 Å². The molecule has 1 aromatic carbocycles. The van der Waals surface area contributed by atoms with Crippen molar-refractivity contribution in [3.05, 3.63) is 41.0 Å². The lowest BCUT2D eigenvalue weighted by Crippen LogP contribution is -2.40. The highest BCUT2D eigenvalue weighted by Crippen LogP contribution is 2.37. The smallest absolute Gasteiger partial charge is 0.328 e. The second kappa shape index (κ2) is 6.58. The Kier molecular flexibility index (Phi) is 5.53. The molecule has 4 heteroatoms. The zero-order valence-electron chi connectivity index (χ0n) is 13.9. The molecule has 0 spiro atoms. The van der Waals surface area contributed by atoms with Crippen LogP contribution in [0.2, 0.25) is 18.1 Å². The molecule has 0 aliphatic carbocycles. The third-order valence-corrected chi connectivity index (χ3v) is 8.66. The van der Waals surface area contributed by atoms with E-state index in [-0.39, 0.29) is 5.04 Å². The van der Waals surface area contributed by atoms with Crippen LogP contribution < -0.4 is 0 Å². The number of hydrogen-bond donors (Lipinski definition) is 1. The van der Waals surface area contributed by atoms with Gasteiger partial charge in [-0.2, -0.15) is 0 Å². The Morgan fingerprint density at radius 2 is 1.95 bits per heavy atom. The van der Waals surface area contributed by atoms with E-state index in [4.69, 9.17) is 9.53 Å². The number of aliphatic carboxylic acids is 1. The van der Waals surface area contributed by atoms with Gasteiger partial charge in [0.1, 0.15) is 0 Å². The summed E-state index contributed by atoms with van der Waals surface area (Å²) in [4.78, 5) is 10.5. The molecule has 0 saturated heterocycles. The highest BCUT2D eigenvalue weighted by Gasteiger charge is 2.37. The van der Waals surface area contributed by atoms with E-state index in [1.165, 1.54) is 0 Å². The minimum atomic E-state index is -1.75. The summed E-state index contributed by atoms with van der Waals surface area (Å²) in [6.07, 6.45) is 2.76. The molecule has 1 rings (SSSR count). The van der Waals surface area contributed by atoms with E-state index >= 15 is 0 Å². The summed E-state index contributed by atoms with van der Waals surface area (Å²) in [5, 5.41) is 8.85. The van der Waals surface area contributed by atoms with Gasteiger partial charge in [0.15, 0.2) is 8.32 Å². The number of benzene rings is 1. The van der Waals surface area contributed by atoms with Crippen molar-refractivity contribution in [1.29, 1.82) is 0 Å². The molecule has 0 bridgehead atoms. The van der Waals surface area contributed by atoms with E-state index in [2.05, 4.69) is 33.9 Å². The first kappa shape index (κ1) is 17.7. The van der Waals surface area contributed by atoms with Crippen LogP contribution in [0.15, 0.2) is 24.3 Å². The Labute approximate surface area is 128 Å². The predicted octanol–water partition coefficient (Wildman–Crippen LogP) is 4.61. The van der Waals surface area contributed by atoms with Crippen molar-refractivity contribution in [1.82, 2.24) is 0 Å². The monoisotopic (exact) mass is 306 g/mol. The molecule has 0 unspecified atom stereocenters. The van der Waals surface area contributed by atoms with Gasteiger partial charge in [0.2, 0.25) is 0 Å². The lowest BCUT2D eigenvalue weighted by molar-refractivity contribution is -0.131. The Morgan fingerprint density at radius 3 is 2.43 bits per heavy atom. The number of carbonyl (C=O) groups is 1. The molecule has 1 aromatic rings. The van der Waals surface area contributed by atoms with Crippen LogP contribution in [0.1, 0.15) is 37.5 Å². The maximum Gasteiger partial charge on any atom is 0.328 e.